The zero-order valence-corrected chi connectivity index (χ0v) is 13.1. The second-order valence-corrected chi connectivity index (χ2v) is 5.47. The highest BCUT2D eigenvalue weighted by molar-refractivity contribution is 9.10. The Hall–Kier alpha value is -1.86. The van der Waals surface area contributed by atoms with Crippen LogP contribution in [0.3, 0.4) is 0 Å². The third-order valence-corrected chi connectivity index (χ3v) is 3.57. The summed E-state index contributed by atoms with van der Waals surface area (Å²) in [6, 6.07) is 4.91. The fraction of sp³-hybridized carbons (Fsp3) is 0.154. The number of carboxylic acid groups (broad SMARTS) is 1. The predicted octanol–water partition coefficient (Wildman–Crippen LogP) is 2.43. The molecule has 0 saturated heterocycles. The molecule has 0 spiro atoms. The number of halogens is 2. The summed E-state index contributed by atoms with van der Waals surface area (Å²) in [7, 11) is 0. The van der Waals surface area contributed by atoms with Crippen molar-refractivity contribution in [1.82, 2.24) is 14.9 Å². The van der Waals surface area contributed by atoms with Crippen LogP contribution in [0.4, 0.5) is 0 Å². The molecule has 0 atom stereocenters. The Kier molecular flexibility index (Phi) is 4.98. The monoisotopic (exact) mass is 371 g/mol. The van der Waals surface area contributed by atoms with Gasteiger partial charge in [-0.25, -0.2) is 9.78 Å². The van der Waals surface area contributed by atoms with Crippen molar-refractivity contribution in [2.24, 2.45) is 0 Å². The fourth-order valence-electron chi connectivity index (χ4n) is 1.66. The standard InChI is InChI=1S/C13H11BrClN3O3/c14-10-5-8(15)1-2-9(10)12(19)16-3-4-18-6-11(13(20)21)17-7-18/h1-2,5-7H,3-4H2,(H,16,19)(H,20,21). The molecular formula is C13H11BrClN3O3. The van der Waals surface area contributed by atoms with E-state index in [9.17, 15) is 9.59 Å². The maximum Gasteiger partial charge on any atom is 0.356 e. The number of imidazole rings is 1. The van der Waals surface area contributed by atoms with Crippen LogP contribution >= 0.6 is 27.5 Å². The van der Waals surface area contributed by atoms with Gasteiger partial charge in [0.2, 0.25) is 0 Å². The van der Waals surface area contributed by atoms with E-state index in [0.717, 1.165) is 0 Å². The summed E-state index contributed by atoms with van der Waals surface area (Å²) in [6.07, 6.45) is 2.82. The van der Waals surface area contributed by atoms with E-state index in [-0.39, 0.29) is 11.6 Å². The van der Waals surface area contributed by atoms with Crippen LogP contribution in [0.5, 0.6) is 0 Å². The van der Waals surface area contributed by atoms with Gasteiger partial charge in [-0.15, -0.1) is 0 Å². The van der Waals surface area contributed by atoms with Gasteiger partial charge in [-0.1, -0.05) is 11.6 Å². The molecule has 1 heterocycles. The molecule has 21 heavy (non-hydrogen) atoms. The number of hydrogen-bond donors (Lipinski definition) is 2. The number of aromatic nitrogens is 2. The molecule has 0 aliphatic carbocycles. The molecule has 0 aliphatic rings. The first-order chi connectivity index (χ1) is 9.97. The highest BCUT2D eigenvalue weighted by Crippen LogP contribution is 2.21. The lowest BCUT2D eigenvalue weighted by molar-refractivity contribution is 0.0690. The molecule has 6 nitrogen and oxygen atoms in total. The van der Waals surface area contributed by atoms with E-state index in [1.54, 1.807) is 22.8 Å². The first kappa shape index (κ1) is 15.5. The van der Waals surface area contributed by atoms with Crippen molar-refractivity contribution in [3.8, 4) is 0 Å². The molecule has 0 radical (unpaired) electrons. The molecular weight excluding hydrogens is 362 g/mol. The number of rotatable bonds is 5. The van der Waals surface area contributed by atoms with Gasteiger partial charge in [0.1, 0.15) is 0 Å². The van der Waals surface area contributed by atoms with E-state index in [1.807, 2.05) is 0 Å². The van der Waals surface area contributed by atoms with E-state index < -0.39 is 5.97 Å². The lowest BCUT2D eigenvalue weighted by Crippen LogP contribution is -2.27. The number of nitrogens with zero attached hydrogens (tertiary/aromatic N) is 2. The van der Waals surface area contributed by atoms with Crippen LogP contribution in [0.15, 0.2) is 35.2 Å². The first-order valence-electron chi connectivity index (χ1n) is 5.95. The van der Waals surface area contributed by atoms with Crippen molar-refractivity contribution in [3.63, 3.8) is 0 Å². The van der Waals surface area contributed by atoms with Gasteiger partial charge in [-0.05, 0) is 34.1 Å². The Bertz CT molecular complexity index is 687. The number of benzene rings is 1. The van der Waals surface area contributed by atoms with E-state index in [2.05, 4.69) is 26.2 Å². The Morgan fingerprint density at radius 1 is 1.43 bits per heavy atom. The zero-order valence-electron chi connectivity index (χ0n) is 10.7. The van der Waals surface area contributed by atoms with Gasteiger partial charge in [0.05, 0.1) is 11.9 Å². The number of amides is 1. The topological polar surface area (TPSA) is 84.2 Å². The van der Waals surface area contributed by atoms with Crippen LogP contribution in [0.25, 0.3) is 0 Å². The lowest BCUT2D eigenvalue weighted by atomic mass is 10.2. The maximum absolute atomic E-state index is 12.0. The molecule has 0 saturated carbocycles. The smallest absolute Gasteiger partial charge is 0.356 e. The third kappa shape index (κ3) is 4.05. The highest BCUT2D eigenvalue weighted by atomic mass is 79.9. The molecule has 0 fully saturated rings. The molecule has 2 aromatic rings. The number of aromatic carboxylic acids is 1. The summed E-state index contributed by atoms with van der Waals surface area (Å²) in [5.74, 6) is -1.32. The number of carbonyl (C=O) groups is 2. The summed E-state index contributed by atoms with van der Waals surface area (Å²) in [5.41, 5.74) is 0.457. The number of carbonyl (C=O) groups excluding carboxylic acids is 1. The number of hydrogen-bond acceptors (Lipinski definition) is 3. The van der Waals surface area contributed by atoms with Gasteiger partial charge in [-0.3, -0.25) is 4.79 Å². The molecule has 1 amide bonds. The van der Waals surface area contributed by atoms with E-state index in [0.29, 0.717) is 28.1 Å². The second kappa shape index (κ2) is 6.73. The summed E-state index contributed by atoms with van der Waals surface area (Å²) in [5, 5.41) is 12.0. The Balaban J connectivity index is 1.90. The van der Waals surface area contributed by atoms with Gasteiger partial charge in [0.15, 0.2) is 5.69 Å². The van der Waals surface area contributed by atoms with Crippen molar-refractivity contribution in [1.29, 1.82) is 0 Å². The second-order valence-electron chi connectivity index (χ2n) is 4.18. The van der Waals surface area contributed by atoms with Crippen LogP contribution < -0.4 is 5.32 Å². The molecule has 0 aliphatic heterocycles. The predicted molar refractivity (Wildman–Crippen MR) is 80.7 cm³/mol. The minimum atomic E-state index is -1.08. The summed E-state index contributed by atoms with van der Waals surface area (Å²) < 4.78 is 2.21. The van der Waals surface area contributed by atoms with Gasteiger partial charge in [0.25, 0.3) is 5.91 Å². The molecule has 0 unspecified atom stereocenters. The van der Waals surface area contributed by atoms with Crippen LogP contribution in [0.1, 0.15) is 20.8 Å². The van der Waals surface area contributed by atoms with Crippen molar-refractivity contribution < 1.29 is 14.7 Å². The van der Waals surface area contributed by atoms with Gasteiger partial charge >= 0.3 is 5.97 Å². The van der Waals surface area contributed by atoms with Crippen LogP contribution in [-0.4, -0.2) is 33.1 Å². The first-order valence-corrected chi connectivity index (χ1v) is 7.13. The highest BCUT2D eigenvalue weighted by Gasteiger charge is 2.10. The lowest BCUT2D eigenvalue weighted by Gasteiger charge is -2.07. The minimum Gasteiger partial charge on any atom is -0.476 e. The quantitative estimate of drug-likeness (QED) is 0.844. The summed E-state index contributed by atoms with van der Waals surface area (Å²) in [6.45, 7) is 0.778. The average molecular weight is 373 g/mol. The fourth-order valence-corrected chi connectivity index (χ4v) is 2.52. The largest absolute Gasteiger partial charge is 0.476 e. The molecule has 8 heteroatoms. The molecule has 2 rings (SSSR count). The van der Waals surface area contributed by atoms with Crippen LogP contribution in [0.2, 0.25) is 5.02 Å². The van der Waals surface area contributed by atoms with Gasteiger partial charge < -0.3 is 15.0 Å². The Labute approximate surface area is 133 Å². The van der Waals surface area contributed by atoms with Crippen molar-refractivity contribution in [3.05, 3.63) is 51.5 Å². The molecule has 110 valence electrons. The Morgan fingerprint density at radius 3 is 2.81 bits per heavy atom. The molecule has 0 bridgehead atoms. The zero-order chi connectivity index (χ0) is 15.4. The van der Waals surface area contributed by atoms with E-state index >= 15 is 0 Å². The molecule has 2 N–H and O–H groups in total. The van der Waals surface area contributed by atoms with Gasteiger partial charge in [-0.2, -0.15) is 0 Å². The van der Waals surface area contributed by atoms with E-state index in [1.165, 1.54) is 12.5 Å². The SMILES string of the molecule is O=C(O)c1cn(CCNC(=O)c2ccc(Cl)cc2Br)cn1. The normalized spacial score (nSPS) is 10.4. The average Bonchev–Trinajstić information content (AvgIpc) is 2.87. The third-order valence-electron chi connectivity index (χ3n) is 2.68. The van der Waals surface area contributed by atoms with Crippen molar-refractivity contribution >= 4 is 39.4 Å². The van der Waals surface area contributed by atoms with Crippen molar-refractivity contribution in [2.45, 2.75) is 6.54 Å². The number of nitrogens with one attached hydrogen (secondary N) is 1. The summed E-state index contributed by atoms with van der Waals surface area (Å²) in [4.78, 5) is 26.4. The van der Waals surface area contributed by atoms with Crippen LogP contribution in [-0.2, 0) is 6.54 Å². The van der Waals surface area contributed by atoms with Gasteiger partial charge in [0, 0.05) is 28.8 Å². The maximum atomic E-state index is 12.0. The summed E-state index contributed by atoms with van der Waals surface area (Å²) >= 11 is 9.09. The van der Waals surface area contributed by atoms with E-state index in [4.69, 9.17) is 16.7 Å². The molecule has 1 aromatic heterocycles. The Morgan fingerprint density at radius 2 is 2.19 bits per heavy atom. The number of carboxylic acids is 1. The van der Waals surface area contributed by atoms with Crippen molar-refractivity contribution in [2.75, 3.05) is 6.54 Å². The molecule has 1 aromatic carbocycles. The van der Waals surface area contributed by atoms with Crippen LogP contribution in [0, 0.1) is 0 Å². The minimum absolute atomic E-state index is 0.0261.